The second kappa shape index (κ2) is 9.85. The Kier molecular flexibility index (Phi) is 6.74. The van der Waals surface area contributed by atoms with Crippen LogP contribution in [0.25, 0.3) is 0 Å². The molecule has 2 fully saturated rings. The van der Waals surface area contributed by atoms with Crippen LogP contribution in [0.2, 0.25) is 0 Å². The summed E-state index contributed by atoms with van der Waals surface area (Å²) in [5.74, 6) is 0.926. The van der Waals surface area contributed by atoms with Crippen LogP contribution in [0.5, 0.6) is 5.75 Å². The summed E-state index contributed by atoms with van der Waals surface area (Å²) in [6.45, 7) is 4.12. The summed E-state index contributed by atoms with van der Waals surface area (Å²) in [4.78, 5) is 28.4. The zero-order chi connectivity index (χ0) is 21.6. The first-order valence-electron chi connectivity index (χ1n) is 11.1. The molecule has 1 saturated carbocycles. The van der Waals surface area contributed by atoms with Crippen LogP contribution in [-0.2, 0) is 6.54 Å². The summed E-state index contributed by atoms with van der Waals surface area (Å²) in [7, 11) is 0. The lowest BCUT2D eigenvalue weighted by Gasteiger charge is -2.34. The number of nitrogens with one attached hydrogen (secondary N) is 1. The Morgan fingerprint density at radius 1 is 1.10 bits per heavy atom. The third-order valence-electron chi connectivity index (χ3n) is 5.89. The van der Waals surface area contributed by atoms with Gasteiger partial charge in [0.1, 0.15) is 5.75 Å². The van der Waals surface area contributed by atoms with Crippen LogP contribution in [0.3, 0.4) is 0 Å². The summed E-state index contributed by atoms with van der Waals surface area (Å²) in [5.41, 5.74) is 1.69. The van der Waals surface area contributed by atoms with Crippen LogP contribution in [-0.4, -0.2) is 59.2 Å². The van der Waals surface area contributed by atoms with E-state index in [0.29, 0.717) is 44.5 Å². The third kappa shape index (κ3) is 5.57. The van der Waals surface area contributed by atoms with Gasteiger partial charge in [0.05, 0.1) is 11.8 Å². The van der Waals surface area contributed by atoms with Crippen molar-refractivity contribution in [2.75, 3.05) is 26.2 Å². The van der Waals surface area contributed by atoms with Crippen molar-refractivity contribution in [3.63, 3.8) is 0 Å². The maximum Gasteiger partial charge on any atom is 0.317 e. The number of carbonyl (C=O) groups excluding carboxylic acids is 2. The molecule has 8 nitrogen and oxygen atoms in total. The first kappa shape index (κ1) is 21.2. The predicted octanol–water partition coefficient (Wildman–Crippen LogP) is 3.36. The van der Waals surface area contributed by atoms with E-state index in [0.717, 1.165) is 24.2 Å². The van der Waals surface area contributed by atoms with Gasteiger partial charge in [-0.05, 0) is 50.3 Å². The standard InChI is InChI=1S/C23H30N4O4/c1-17-14-21(31-25-17)22(28)26-10-12-27(13-11-26)23(29)24-16-18-6-5-9-20(15-18)30-19-7-3-2-4-8-19/h5-6,9,14-15,19H,2-4,7-8,10-13,16H2,1H3,(H,24,29). The predicted molar refractivity (Wildman–Crippen MR) is 115 cm³/mol. The van der Waals surface area contributed by atoms with Crippen molar-refractivity contribution in [2.24, 2.45) is 0 Å². The number of nitrogens with zero attached hydrogens (tertiary/aromatic N) is 3. The van der Waals surface area contributed by atoms with E-state index in [1.54, 1.807) is 22.8 Å². The van der Waals surface area contributed by atoms with Crippen molar-refractivity contribution < 1.29 is 18.8 Å². The molecule has 3 amide bonds. The van der Waals surface area contributed by atoms with Crippen molar-refractivity contribution in [1.29, 1.82) is 0 Å². The normalized spacial score (nSPS) is 17.5. The van der Waals surface area contributed by atoms with Gasteiger partial charge in [0.2, 0.25) is 5.76 Å². The Bertz CT molecular complexity index is 898. The molecular weight excluding hydrogens is 396 g/mol. The number of ether oxygens (including phenoxy) is 1. The average molecular weight is 427 g/mol. The first-order valence-corrected chi connectivity index (χ1v) is 11.1. The minimum Gasteiger partial charge on any atom is -0.490 e. The highest BCUT2D eigenvalue weighted by Crippen LogP contribution is 2.24. The number of piperazine rings is 1. The number of urea groups is 1. The summed E-state index contributed by atoms with van der Waals surface area (Å²) in [5, 5.41) is 6.74. The van der Waals surface area contributed by atoms with Gasteiger partial charge < -0.3 is 24.4 Å². The highest BCUT2D eigenvalue weighted by atomic mass is 16.5. The van der Waals surface area contributed by atoms with Crippen LogP contribution >= 0.6 is 0 Å². The molecular formula is C23H30N4O4. The Balaban J connectivity index is 1.23. The van der Waals surface area contributed by atoms with Gasteiger partial charge in [0.15, 0.2) is 0 Å². The average Bonchev–Trinajstić information content (AvgIpc) is 3.24. The molecule has 0 spiro atoms. The van der Waals surface area contributed by atoms with Crippen molar-refractivity contribution in [1.82, 2.24) is 20.3 Å². The molecule has 0 radical (unpaired) electrons. The lowest BCUT2D eigenvalue weighted by molar-refractivity contribution is 0.0624. The first-order chi connectivity index (χ1) is 15.1. The van der Waals surface area contributed by atoms with Crippen LogP contribution in [0.4, 0.5) is 4.79 Å². The van der Waals surface area contributed by atoms with E-state index in [4.69, 9.17) is 9.26 Å². The zero-order valence-electron chi connectivity index (χ0n) is 18.0. The van der Waals surface area contributed by atoms with Gasteiger partial charge in [-0.2, -0.15) is 0 Å². The number of aromatic nitrogens is 1. The highest BCUT2D eigenvalue weighted by Gasteiger charge is 2.26. The Labute approximate surface area is 182 Å². The monoisotopic (exact) mass is 426 g/mol. The van der Waals surface area contributed by atoms with E-state index in [1.165, 1.54) is 19.3 Å². The topological polar surface area (TPSA) is 87.9 Å². The summed E-state index contributed by atoms with van der Waals surface area (Å²) in [6.07, 6.45) is 6.30. The molecule has 1 aromatic heterocycles. The third-order valence-corrected chi connectivity index (χ3v) is 5.89. The molecule has 2 aliphatic rings. The minimum atomic E-state index is -0.185. The van der Waals surface area contributed by atoms with Crippen LogP contribution in [0.15, 0.2) is 34.9 Å². The molecule has 1 saturated heterocycles. The number of aryl methyl sites for hydroxylation is 1. The molecule has 2 heterocycles. The summed E-state index contributed by atoms with van der Waals surface area (Å²) in [6, 6.07) is 9.45. The molecule has 1 aliphatic heterocycles. The van der Waals surface area contributed by atoms with Gasteiger partial charge in [0, 0.05) is 38.8 Å². The van der Waals surface area contributed by atoms with Gasteiger partial charge in [-0.15, -0.1) is 0 Å². The molecule has 166 valence electrons. The number of hydrogen-bond acceptors (Lipinski definition) is 5. The number of rotatable bonds is 5. The molecule has 4 rings (SSSR count). The largest absolute Gasteiger partial charge is 0.490 e. The maximum absolute atomic E-state index is 12.6. The summed E-state index contributed by atoms with van der Waals surface area (Å²) < 4.78 is 11.2. The Hall–Kier alpha value is -3.03. The lowest BCUT2D eigenvalue weighted by Crippen LogP contribution is -2.53. The van der Waals surface area contributed by atoms with E-state index >= 15 is 0 Å². The highest BCUT2D eigenvalue weighted by molar-refractivity contribution is 5.91. The second-order valence-corrected chi connectivity index (χ2v) is 8.30. The number of carbonyl (C=O) groups is 2. The second-order valence-electron chi connectivity index (χ2n) is 8.30. The molecule has 1 N–H and O–H groups in total. The van der Waals surface area contributed by atoms with Gasteiger partial charge in [-0.25, -0.2) is 4.79 Å². The van der Waals surface area contributed by atoms with Crippen molar-refractivity contribution in [3.8, 4) is 5.75 Å². The van der Waals surface area contributed by atoms with Crippen LogP contribution in [0, 0.1) is 6.92 Å². The zero-order valence-corrected chi connectivity index (χ0v) is 18.0. The SMILES string of the molecule is Cc1cc(C(=O)N2CCN(C(=O)NCc3cccc(OC4CCCCC4)c3)CC2)on1. The molecule has 0 atom stereocenters. The molecule has 1 aromatic carbocycles. The molecule has 31 heavy (non-hydrogen) atoms. The van der Waals surface area contributed by atoms with Crippen LogP contribution in [0.1, 0.15) is 53.9 Å². The van der Waals surface area contributed by atoms with Gasteiger partial charge in [-0.3, -0.25) is 4.79 Å². The molecule has 0 bridgehead atoms. The van der Waals surface area contributed by atoms with Crippen molar-refractivity contribution >= 4 is 11.9 Å². The molecule has 2 aromatic rings. The Morgan fingerprint density at radius 2 is 1.84 bits per heavy atom. The minimum absolute atomic E-state index is 0.124. The molecule has 8 heteroatoms. The smallest absolute Gasteiger partial charge is 0.317 e. The van der Waals surface area contributed by atoms with Crippen molar-refractivity contribution in [2.45, 2.75) is 51.7 Å². The lowest BCUT2D eigenvalue weighted by atomic mass is 9.98. The molecule has 1 aliphatic carbocycles. The molecule has 0 unspecified atom stereocenters. The number of benzene rings is 1. The number of amides is 3. The Morgan fingerprint density at radius 3 is 2.55 bits per heavy atom. The van der Waals surface area contributed by atoms with E-state index in [-0.39, 0.29) is 17.7 Å². The number of hydrogen-bond donors (Lipinski definition) is 1. The van der Waals surface area contributed by atoms with Gasteiger partial charge >= 0.3 is 6.03 Å². The quantitative estimate of drug-likeness (QED) is 0.792. The van der Waals surface area contributed by atoms with E-state index in [1.807, 2.05) is 24.3 Å². The fraction of sp³-hybridized carbons (Fsp3) is 0.522. The van der Waals surface area contributed by atoms with Crippen LogP contribution < -0.4 is 10.1 Å². The van der Waals surface area contributed by atoms with E-state index in [2.05, 4.69) is 10.5 Å². The van der Waals surface area contributed by atoms with Crippen molar-refractivity contribution in [3.05, 3.63) is 47.3 Å². The van der Waals surface area contributed by atoms with E-state index < -0.39 is 0 Å². The maximum atomic E-state index is 12.6. The summed E-state index contributed by atoms with van der Waals surface area (Å²) >= 11 is 0. The fourth-order valence-electron chi connectivity index (χ4n) is 4.13. The van der Waals surface area contributed by atoms with Gasteiger partial charge in [-0.1, -0.05) is 23.7 Å². The fourth-order valence-corrected chi connectivity index (χ4v) is 4.13. The van der Waals surface area contributed by atoms with Gasteiger partial charge in [0.25, 0.3) is 5.91 Å². The van der Waals surface area contributed by atoms with E-state index in [9.17, 15) is 9.59 Å².